The standard InChI is InChI=1S/C41H49.C15H14.C5H5.Zr/c1-38(2,3)30-17-13-26(14-18-30)34-22-28-21-29-23-35(27-15-19-31(20-16-27)39(4,5)6)37(41(10,11)12)25-33(29)32(28)24-36(34)40(7,8)9;1-3-8-14(9-4-1)12-7-13-15-10-5-2-6-11-15;1-2-4-5-3-1;/h13-20,22,24-25H,21H2,1-12H3;1-6,8-11H,12-13H2;1-3H,4H2;. The van der Waals surface area contributed by atoms with E-state index in [0.717, 1.165) is 25.7 Å². The maximum atomic E-state index is 2.65. The van der Waals surface area contributed by atoms with E-state index >= 15 is 0 Å². The van der Waals surface area contributed by atoms with E-state index in [2.05, 4.69) is 229 Å². The molecule has 0 saturated carbocycles. The van der Waals surface area contributed by atoms with Gasteiger partial charge in [-0.05, 0) is 0 Å². The summed E-state index contributed by atoms with van der Waals surface area (Å²) in [6.07, 6.45) is 11.3. The first kappa shape index (κ1) is 44.2. The summed E-state index contributed by atoms with van der Waals surface area (Å²) in [6.45, 7) is 28.5. The molecule has 0 nitrogen and oxygen atoms in total. The van der Waals surface area contributed by atoms with Gasteiger partial charge in [-0.15, -0.1) is 0 Å². The third-order valence-corrected chi connectivity index (χ3v) is 21.0. The number of allylic oxidation sites excluding steroid dienone is 4. The topological polar surface area (TPSA) is 0 Å². The molecule has 1 heteroatoms. The van der Waals surface area contributed by atoms with Gasteiger partial charge in [0, 0.05) is 0 Å². The van der Waals surface area contributed by atoms with Crippen LogP contribution in [0.5, 0.6) is 0 Å². The zero-order valence-corrected chi connectivity index (χ0v) is 42.1. The van der Waals surface area contributed by atoms with Crippen molar-refractivity contribution in [1.82, 2.24) is 0 Å². The number of hydrogen-bond donors (Lipinski definition) is 0. The summed E-state index contributed by atoms with van der Waals surface area (Å²) in [6, 6.07) is 49.8. The quantitative estimate of drug-likeness (QED) is 0.143. The van der Waals surface area contributed by atoms with Crippen molar-refractivity contribution in [2.24, 2.45) is 0 Å². The number of benzene rings is 6. The van der Waals surface area contributed by atoms with Gasteiger partial charge in [-0.25, -0.2) is 0 Å². The number of hydrogen-bond acceptors (Lipinski definition) is 0. The minimum atomic E-state index is -2.96. The molecule has 0 N–H and O–H groups in total. The van der Waals surface area contributed by atoms with Crippen LogP contribution in [0.15, 0.2) is 149 Å². The second-order valence-corrected chi connectivity index (χ2v) is 28.6. The van der Waals surface area contributed by atoms with Crippen LogP contribution in [0.4, 0.5) is 0 Å². The van der Waals surface area contributed by atoms with E-state index in [1.807, 2.05) is 0 Å². The number of rotatable bonds is 8. The minimum absolute atomic E-state index is 0.0339. The zero-order chi connectivity index (χ0) is 44.2. The van der Waals surface area contributed by atoms with Crippen LogP contribution in [0.1, 0.15) is 134 Å². The van der Waals surface area contributed by atoms with Gasteiger partial charge in [-0.2, -0.15) is 0 Å². The van der Waals surface area contributed by atoms with Crippen molar-refractivity contribution >= 4 is 6.48 Å². The first-order chi connectivity index (χ1) is 29.3. The second kappa shape index (κ2) is 16.9. The molecule has 2 aliphatic rings. The van der Waals surface area contributed by atoms with Crippen molar-refractivity contribution in [3.05, 3.63) is 193 Å². The van der Waals surface area contributed by atoms with Crippen LogP contribution in [0.2, 0.25) is 0 Å². The molecule has 0 heterocycles. The molecule has 62 heavy (non-hydrogen) atoms. The molecular weight excluding hydrogens is 824 g/mol. The van der Waals surface area contributed by atoms with Crippen molar-refractivity contribution in [3.8, 4) is 33.4 Å². The molecule has 316 valence electrons. The van der Waals surface area contributed by atoms with Crippen molar-refractivity contribution in [2.75, 3.05) is 0 Å². The van der Waals surface area contributed by atoms with Gasteiger partial charge >= 0.3 is 385 Å². The molecule has 0 amide bonds. The fourth-order valence-corrected chi connectivity index (χ4v) is 18.5. The SMILES string of the molecule is CC(C)(C)c1ccc(-c2cc3c(cc2C(C)(C)C)-c2cc(C(C)(C)C)c(-c4ccc(C(C)(C)C)cc4)[c]([Zr]([C]4=CC=CC4)=[C](Cc4ccccc4)Cc4ccccc4)c2C3)cc1. The van der Waals surface area contributed by atoms with E-state index in [4.69, 9.17) is 0 Å². The van der Waals surface area contributed by atoms with E-state index in [0.29, 0.717) is 0 Å². The van der Waals surface area contributed by atoms with Gasteiger partial charge in [-0.3, -0.25) is 0 Å². The molecule has 0 bridgehead atoms. The van der Waals surface area contributed by atoms with Crippen LogP contribution < -0.4 is 3.27 Å². The fourth-order valence-electron chi connectivity index (χ4n) is 9.81. The van der Waals surface area contributed by atoms with E-state index in [1.54, 1.807) is 15.3 Å². The molecule has 6 aromatic carbocycles. The summed E-state index contributed by atoms with van der Waals surface area (Å²) in [7, 11) is 0. The Hall–Kier alpha value is -4.45. The Morgan fingerprint density at radius 1 is 0.500 bits per heavy atom. The monoisotopic (exact) mass is 890 g/mol. The summed E-state index contributed by atoms with van der Waals surface area (Å²) in [5.41, 5.74) is 20.1. The van der Waals surface area contributed by atoms with E-state index in [9.17, 15) is 0 Å². The van der Waals surface area contributed by atoms with Gasteiger partial charge < -0.3 is 0 Å². The first-order valence-corrected chi connectivity index (χ1v) is 26.7. The summed E-state index contributed by atoms with van der Waals surface area (Å²) >= 11 is -2.96. The Balaban J connectivity index is 1.48. The van der Waals surface area contributed by atoms with Gasteiger partial charge in [0.05, 0.1) is 0 Å². The van der Waals surface area contributed by atoms with Gasteiger partial charge in [0.15, 0.2) is 0 Å². The van der Waals surface area contributed by atoms with Gasteiger partial charge in [-0.1, -0.05) is 0 Å². The normalized spacial score (nSPS) is 13.8. The predicted octanol–water partition coefficient (Wildman–Crippen LogP) is 15.5. The van der Waals surface area contributed by atoms with Gasteiger partial charge in [0.1, 0.15) is 0 Å². The van der Waals surface area contributed by atoms with Crippen LogP contribution in [0.3, 0.4) is 0 Å². The fraction of sp³-hybridized carbons (Fsp3) is 0.328. The molecule has 0 aromatic heterocycles. The molecular formula is C61H68Zr. The Bertz CT molecular complexity index is 2650. The molecule has 0 spiro atoms. The molecule has 0 unspecified atom stereocenters. The van der Waals surface area contributed by atoms with Crippen molar-refractivity contribution < 1.29 is 21.3 Å². The molecule has 6 aromatic rings. The molecule has 0 atom stereocenters. The zero-order valence-electron chi connectivity index (χ0n) is 39.7. The Labute approximate surface area is 382 Å². The summed E-state index contributed by atoms with van der Waals surface area (Å²) in [4.78, 5) is 0. The predicted molar refractivity (Wildman–Crippen MR) is 267 cm³/mol. The molecule has 0 saturated heterocycles. The van der Waals surface area contributed by atoms with Crippen molar-refractivity contribution in [1.29, 1.82) is 0 Å². The van der Waals surface area contributed by atoms with Crippen LogP contribution in [-0.2, 0) is 62.2 Å². The summed E-state index contributed by atoms with van der Waals surface area (Å²) in [5.74, 6) is 0. The molecule has 8 rings (SSSR count). The molecule has 0 fully saturated rings. The van der Waals surface area contributed by atoms with Crippen molar-refractivity contribution in [3.63, 3.8) is 0 Å². The van der Waals surface area contributed by atoms with E-state index in [-0.39, 0.29) is 21.7 Å². The maximum absolute atomic E-state index is 2.96. The first-order valence-electron chi connectivity index (χ1n) is 23.0. The van der Waals surface area contributed by atoms with Crippen molar-refractivity contribution in [2.45, 2.75) is 130 Å². The third kappa shape index (κ3) is 9.13. The molecule has 0 radical (unpaired) electrons. The van der Waals surface area contributed by atoms with Crippen LogP contribution >= 0.6 is 0 Å². The van der Waals surface area contributed by atoms with Crippen LogP contribution in [0, 0.1) is 0 Å². The Morgan fingerprint density at radius 3 is 1.47 bits per heavy atom. The average Bonchev–Trinajstić information content (AvgIpc) is 3.88. The van der Waals surface area contributed by atoms with Gasteiger partial charge in [0.25, 0.3) is 0 Å². The number of fused-ring (bicyclic) bond motifs is 3. The van der Waals surface area contributed by atoms with Gasteiger partial charge in [0.2, 0.25) is 0 Å². The Kier molecular flexibility index (Phi) is 12.1. The van der Waals surface area contributed by atoms with Crippen LogP contribution in [-0.4, -0.2) is 3.21 Å². The summed E-state index contributed by atoms with van der Waals surface area (Å²) < 4.78 is 5.16. The molecule has 2 aliphatic carbocycles. The Morgan fingerprint density at radius 2 is 1.00 bits per heavy atom. The third-order valence-electron chi connectivity index (χ3n) is 13.3. The summed E-state index contributed by atoms with van der Waals surface area (Å²) in [5, 5.41) is 0. The second-order valence-electron chi connectivity index (χ2n) is 22.2. The van der Waals surface area contributed by atoms with Crippen LogP contribution in [0.25, 0.3) is 33.4 Å². The average molecular weight is 892 g/mol. The molecule has 0 aliphatic heterocycles. The van der Waals surface area contributed by atoms with E-state index < -0.39 is 21.3 Å². The van der Waals surface area contributed by atoms with E-state index in [1.165, 1.54) is 72.3 Å².